The van der Waals surface area contributed by atoms with Gasteiger partial charge in [-0.05, 0) is 29.5 Å². The van der Waals surface area contributed by atoms with Crippen molar-refractivity contribution in [1.82, 2.24) is 0 Å². The second-order valence-electron chi connectivity index (χ2n) is 5.67. The van der Waals surface area contributed by atoms with Crippen molar-refractivity contribution in [2.45, 2.75) is 35.0 Å². The molecule has 0 bridgehead atoms. The third-order valence-corrected chi connectivity index (χ3v) is 9.35. The summed E-state index contributed by atoms with van der Waals surface area (Å²) in [5.41, 5.74) is 4.56. The zero-order valence-electron chi connectivity index (χ0n) is 11.0. The molecule has 0 amide bonds. The molecule has 1 atom stereocenters. The zero-order valence-corrected chi connectivity index (χ0v) is 19.6. The Hall–Kier alpha value is 1.88. The van der Waals surface area contributed by atoms with Gasteiger partial charge in [0.25, 0.3) is 0 Å². The van der Waals surface area contributed by atoms with Crippen LogP contribution in [0.25, 0.3) is 6.08 Å². The van der Waals surface area contributed by atoms with Gasteiger partial charge < -0.3 is 0 Å². The highest BCUT2D eigenvalue weighted by atomic mass is 127. The van der Waals surface area contributed by atoms with E-state index in [4.69, 9.17) is 0 Å². The maximum absolute atomic E-state index is 2.72. The molecule has 1 fully saturated rings. The average Bonchev–Trinajstić information content (AvgIpc) is 2.53. The minimum atomic E-state index is 0.142. The molecule has 3 rings (SSSR count). The summed E-state index contributed by atoms with van der Waals surface area (Å²) in [6, 6.07) is 8.91. The first-order chi connectivity index (χ1) is 9.43. The van der Waals surface area contributed by atoms with Crippen LogP contribution >= 0.6 is 90.4 Å². The van der Waals surface area contributed by atoms with Crippen molar-refractivity contribution in [3.05, 3.63) is 41.0 Å². The molecule has 108 valence electrons. The molecule has 20 heavy (non-hydrogen) atoms. The van der Waals surface area contributed by atoms with Crippen molar-refractivity contribution in [2.75, 3.05) is 0 Å². The quantitative estimate of drug-likeness (QED) is 0.163. The predicted molar refractivity (Wildman–Crippen MR) is 121 cm³/mol. The van der Waals surface area contributed by atoms with E-state index in [-0.39, 0.29) is 1.43 Å². The number of alkyl halides is 4. The molecule has 1 aromatic carbocycles. The smallest absolute Gasteiger partial charge is 0.0666 e. The summed E-state index contributed by atoms with van der Waals surface area (Å²) in [5, 5.41) is 0. The summed E-state index contributed by atoms with van der Waals surface area (Å²) in [4.78, 5) is 0. The van der Waals surface area contributed by atoms with Crippen LogP contribution in [0.15, 0.2) is 29.8 Å². The molecule has 0 nitrogen and oxygen atoms in total. The Balaban J connectivity index is 2.02. The van der Waals surface area contributed by atoms with Gasteiger partial charge in [0, 0.05) is 5.92 Å². The lowest BCUT2D eigenvalue weighted by Gasteiger charge is -2.35. The minimum Gasteiger partial charge on any atom is -0.0666 e. The summed E-state index contributed by atoms with van der Waals surface area (Å²) in [5.74, 6) is 0.701. The van der Waals surface area contributed by atoms with Gasteiger partial charge in [-0.25, -0.2) is 0 Å². The summed E-state index contributed by atoms with van der Waals surface area (Å²) in [6.07, 6.45) is 9.35. The molecular formula is C16H16I4. The first-order valence-corrected chi connectivity index (χ1v) is 11.3. The second-order valence-corrected chi connectivity index (χ2v) is 16.9. The van der Waals surface area contributed by atoms with Crippen LogP contribution in [0, 0.1) is 5.92 Å². The third-order valence-electron chi connectivity index (χ3n) is 4.36. The van der Waals surface area contributed by atoms with Crippen LogP contribution in [0.3, 0.4) is 0 Å². The number of benzene rings is 1. The van der Waals surface area contributed by atoms with E-state index in [1.165, 1.54) is 43.2 Å². The lowest BCUT2D eigenvalue weighted by Crippen LogP contribution is -2.29. The summed E-state index contributed by atoms with van der Waals surface area (Å²) in [7, 11) is 0. The van der Waals surface area contributed by atoms with E-state index in [1.54, 1.807) is 5.57 Å². The van der Waals surface area contributed by atoms with Gasteiger partial charge in [0.2, 0.25) is 0 Å². The van der Waals surface area contributed by atoms with Gasteiger partial charge in [-0.3, -0.25) is 0 Å². The van der Waals surface area contributed by atoms with Crippen molar-refractivity contribution in [3.8, 4) is 0 Å². The summed E-state index contributed by atoms with van der Waals surface area (Å²) >= 11 is 10.8. The van der Waals surface area contributed by atoms with Crippen LogP contribution < -0.4 is 0 Å². The van der Waals surface area contributed by atoms with E-state index in [2.05, 4.69) is 121 Å². The van der Waals surface area contributed by atoms with Crippen molar-refractivity contribution in [3.63, 3.8) is 0 Å². The van der Waals surface area contributed by atoms with E-state index in [0.717, 1.165) is 0 Å². The van der Waals surface area contributed by atoms with Crippen LogP contribution in [-0.4, -0.2) is 1.43 Å². The topological polar surface area (TPSA) is 0 Å². The number of halogens is 4. The molecule has 2 aliphatic rings. The van der Waals surface area contributed by atoms with E-state index in [9.17, 15) is 0 Å². The molecule has 1 aromatic rings. The number of allylic oxidation sites excluding steroid dienone is 1. The van der Waals surface area contributed by atoms with Gasteiger partial charge in [-0.1, -0.05) is 140 Å². The third kappa shape index (κ3) is 3.09. The fourth-order valence-corrected chi connectivity index (χ4v) is 7.40. The molecule has 0 aromatic heterocycles. The van der Waals surface area contributed by atoms with Gasteiger partial charge >= 0.3 is 0 Å². The molecule has 0 radical (unpaired) electrons. The lowest BCUT2D eigenvalue weighted by molar-refractivity contribution is 0.538. The normalized spacial score (nSPS) is 27.6. The van der Waals surface area contributed by atoms with Gasteiger partial charge in [-0.15, -0.1) is 0 Å². The Morgan fingerprint density at radius 2 is 1.70 bits per heavy atom. The Kier molecular flexibility index (Phi) is 5.36. The fraction of sp³-hybridized carbons (Fsp3) is 0.500. The molecule has 4 heteroatoms. The molecule has 0 aliphatic heterocycles. The first kappa shape index (κ1) is 16.7. The molecule has 2 aliphatic carbocycles. The van der Waals surface area contributed by atoms with Crippen molar-refractivity contribution < 1.29 is 0 Å². The minimum absolute atomic E-state index is 0.142. The number of hydrogen-bond acceptors (Lipinski definition) is 0. The Labute approximate surface area is 175 Å². The predicted octanol–water partition coefficient (Wildman–Crippen LogP) is 7.25. The highest BCUT2D eigenvalue weighted by molar-refractivity contribution is 14.2. The fourth-order valence-electron chi connectivity index (χ4n) is 3.30. The Morgan fingerprint density at radius 1 is 0.950 bits per heavy atom. The maximum Gasteiger partial charge on any atom is 0.120 e. The van der Waals surface area contributed by atoms with Crippen LogP contribution in [-0.2, 0) is 1.43 Å². The SMILES string of the molecule is IC1(I)C(C2CCCCCC2(I)I)=Cc2ccccc21. The molecule has 1 unspecified atom stereocenters. The number of fused-ring (bicyclic) bond motifs is 1. The monoisotopic (exact) mass is 716 g/mol. The second kappa shape index (κ2) is 6.41. The zero-order chi connectivity index (χ0) is 14.4. The number of hydrogen-bond donors (Lipinski definition) is 0. The summed E-state index contributed by atoms with van der Waals surface area (Å²) < 4.78 is 0.518. The lowest BCUT2D eigenvalue weighted by atomic mass is 9.90. The first-order valence-electron chi connectivity index (χ1n) is 7.00. The van der Waals surface area contributed by atoms with Crippen molar-refractivity contribution in [2.24, 2.45) is 5.92 Å². The average molecular weight is 716 g/mol. The molecular weight excluding hydrogens is 700 g/mol. The highest BCUT2D eigenvalue weighted by Crippen LogP contribution is 2.60. The number of rotatable bonds is 1. The molecule has 0 N–H and O–H groups in total. The van der Waals surface area contributed by atoms with E-state index < -0.39 is 0 Å². The van der Waals surface area contributed by atoms with Crippen molar-refractivity contribution in [1.29, 1.82) is 0 Å². The van der Waals surface area contributed by atoms with Crippen LogP contribution in [0.2, 0.25) is 0 Å². The van der Waals surface area contributed by atoms with Gasteiger partial charge in [0.1, 0.15) is 1.43 Å². The Morgan fingerprint density at radius 3 is 2.45 bits per heavy atom. The summed E-state index contributed by atoms with van der Waals surface area (Å²) in [6.45, 7) is 0. The molecule has 0 spiro atoms. The van der Waals surface area contributed by atoms with Gasteiger partial charge in [-0.2, -0.15) is 0 Å². The van der Waals surface area contributed by atoms with Crippen LogP contribution in [0.1, 0.15) is 43.2 Å². The van der Waals surface area contributed by atoms with Crippen LogP contribution in [0.5, 0.6) is 0 Å². The maximum atomic E-state index is 2.72. The van der Waals surface area contributed by atoms with E-state index in [0.29, 0.717) is 7.35 Å². The standard InChI is InChI=1S/C16H16I4/c17-15(18)9-5-1-2-8-13(15)14-10-11-6-3-4-7-12(11)16(14,19)20/h3-4,6-7,10,13H,1-2,5,8-9H2. The molecule has 0 heterocycles. The van der Waals surface area contributed by atoms with Gasteiger partial charge in [0.05, 0.1) is 1.43 Å². The molecule has 0 saturated heterocycles. The van der Waals surface area contributed by atoms with E-state index >= 15 is 0 Å². The van der Waals surface area contributed by atoms with Crippen molar-refractivity contribution >= 4 is 96.4 Å². The Bertz CT molecular complexity index is 545. The largest absolute Gasteiger partial charge is 0.120 e. The van der Waals surface area contributed by atoms with Gasteiger partial charge in [0.15, 0.2) is 0 Å². The van der Waals surface area contributed by atoms with Crippen LogP contribution in [0.4, 0.5) is 0 Å². The molecule has 1 saturated carbocycles. The van der Waals surface area contributed by atoms with E-state index in [1.807, 2.05) is 0 Å². The highest BCUT2D eigenvalue weighted by Gasteiger charge is 2.46.